The van der Waals surface area contributed by atoms with Gasteiger partial charge in [-0.25, -0.2) is 4.98 Å². The van der Waals surface area contributed by atoms with E-state index in [9.17, 15) is 5.11 Å². The predicted octanol–water partition coefficient (Wildman–Crippen LogP) is 1.43. The van der Waals surface area contributed by atoms with Gasteiger partial charge in [0.05, 0.1) is 12.8 Å². The van der Waals surface area contributed by atoms with Crippen LogP contribution in [0.5, 0.6) is 0 Å². The van der Waals surface area contributed by atoms with Gasteiger partial charge in [0, 0.05) is 25.3 Å². The summed E-state index contributed by atoms with van der Waals surface area (Å²) in [5, 5.41) is 13.8. The first-order valence-corrected chi connectivity index (χ1v) is 6.47. The highest BCUT2D eigenvalue weighted by Gasteiger charge is 2.31. The lowest BCUT2D eigenvalue weighted by Crippen LogP contribution is -2.51. The minimum absolute atomic E-state index is 0.134. The van der Waals surface area contributed by atoms with E-state index in [4.69, 9.17) is 16.3 Å². The fraction of sp³-hybridized carbons (Fsp3) is 0.700. The molecule has 0 aromatic carbocycles. The van der Waals surface area contributed by atoms with Gasteiger partial charge in [0.1, 0.15) is 9.34 Å². The molecule has 2 N–H and O–H groups in total. The minimum Gasteiger partial charge on any atom is -0.394 e. The topological polar surface area (TPSA) is 54.4 Å². The van der Waals surface area contributed by atoms with Gasteiger partial charge in [-0.05, 0) is 12.8 Å². The van der Waals surface area contributed by atoms with Crippen molar-refractivity contribution in [2.75, 3.05) is 19.8 Å². The van der Waals surface area contributed by atoms with E-state index in [2.05, 4.69) is 10.3 Å². The summed E-state index contributed by atoms with van der Waals surface area (Å²) in [6.07, 6.45) is 3.32. The Hall–Kier alpha value is -0.200. The molecule has 90 valence electrons. The van der Waals surface area contributed by atoms with E-state index in [-0.39, 0.29) is 12.1 Å². The summed E-state index contributed by atoms with van der Waals surface area (Å²) >= 11 is 7.27. The number of rotatable bonds is 4. The molecule has 16 heavy (non-hydrogen) atoms. The maximum Gasteiger partial charge on any atom is 0.113 e. The third-order valence-electron chi connectivity index (χ3n) is 2.89. The zero-order valence-corrected chi connectivity index (χ0v) is 10.5. The molecule has 0 radical (unpaired) electrons. The van der Waals surface area contributed by atoms with Gasteiger partial charge < -0.3 is 15.2 Å². The highest BCUT2D eigenvalue weighted by molar-refractivity contribution is 7.15. The number of nitrogens with one attached hydrogen (secondary N) is 1. The van der Waals surface area contributed by atoms with Gasteiger partial charge in [0.25, 0.3) is 0 Å². The van der Waals surface area contributed by atoms with E-state index in [0.717, 1.165) is 17.8 Å². The fourth-order valence-electron chi connectivity index (χ4n) is 1.79. The van der Waals surface area contributed by atoms with E-state index in [1.165, 1.54) is 11.3 Å². The van der Waals surface area contributed by atoms with Crippen LogP contribution in [0.15, 0.2) is 6.20 Å². The first-order valence-electron chi connectivity index (χ1n) is 5.28. The van der Waals surface area contributed by atoms with Crippen LogP contribution in [0.4, 0.5) is 0 Å². The highest BCUT2D eigenvalue weighted by Crippen LogP contribution is 2.22. The lowest BCUT2D eigenvalue weighted by molar-refractivity contribution is 0.0111. The second-order valence-corrected chi connectivity index (χ2v) is 5.71. The van der Waals surface area contributed by atoms with Crippen molar-refractivity contribution in [3.8, 4) is 0 Å². The van der Waals surface area contributed by atoms with Crippen molar-refractivity contribution in [1.82, 2.24) is 10.3 Å². The maximum absolute atomic E-state index is 9.46. The summed E-state index contributed by atoms with van der Waals surface area (Å²) in [7, 11) is 0. The van der Waals surface area contributed by atoms with Crippen molar-refractivity contribution in [2.24, 2.45) is 0 Å². The third kappa shape index (κ3) is 2.93. The first-order chi connectivity index (χ1) is 7.74. The number of hydrogen-bond donors (Lipinski definition) is 2. The van der Waals surface area contributed by atoms with E-state index in [1.54, 1.807) is 6.20 Å². The Morgan fingerprint density at radius 1 is 1.56 bits per heavy atom. The van der Waals surface area contributed by atoms with Crippen LogP contribution >= 0.6 is 22.9 Å². The van der Waals surface area contributed by atoms with Crippen LogP contribution < -0.4 is 5.32 Å². The Labute approximate surface area is 104 Å². The molecular formula is C10H15ClN2O2S. The normalized spacial score (nSPS) is 19.9. The molecule has 1 aromatic rings. The maximum atomic E-state index is 9.46. The molecule has 0 unspecified atom stereocenters. The summed E-state index contributed by atoms with van der Waals surface area (Å²) in [5.41, 5.74) is -0.212. The number of ether oxygens (including phenoxy) is 1. The number of aromatic nitrogens is 1. The fourth-order valence-corrected chi connectivity index (χ4v) is 2.68. The van der Waals surface area contributed by atoms with Crippen LogP contribution in [0.3, 0.4) is 0 Å². The first kappa shape index (κ1) is 12.3. The summed E-state index contributed by atoms with van der Waals surface area (Å²) < 4.78 is 5.99. The number of hydrogen-bond acceptors (Lipinski definition) is 5. The molecular weight excluding hydrogens is 248 g/mol. The molecule has 0 bridgehead atoms. The molecule has 2 heterocycles. The second-order valence-electron chi connectivity index (χ2n) is 3.96. The lowest BCUT2D eigenvalue weighted by atomic mass is 9.91. The third-order valence-corrected chi connectivity index (χ3v) is 4.01. The largest absolute Gasteiger partial charge is 0.394 e. The van der Waals surface area contributed by atoms with Crippen LogP contribution in [0, 0.1) is 0 Å². The molecule has 6 heteroatoms. The predicted molar refractivity (Wildman–Crippen MR) is 63.8 cm³/mol. The molecule has 1 fully saturated rings. The van der Waals surface area contributed by atoms with E-state index in [1.807, 2.05) is 0 Å². The second kappa shape index (κ2) is 5.42. The van der Waals surface area contributed by atoms with Crippen LogP contribution in [0.2, 0.25) is 4.34 Å². The Morgan fingerprint density at radius 2 is 2.31 bits per heavy atom. The number of halogens is 1. The Kier molecular flexibility index (Phi) is 4.16. The van der Waals surface area contributed by atoms with Crippen LogP contribution in [-0.2, 0) is 11.3 Å². The molecule has 1 saturated heterocycles. The van der Waals surface area contributed by atoms with Gasteiger partial charge >= 0.3 is 0 Å². The molecule has 0 aliphatic carbocycles. The molecule has 1 aliphatic heterocycles. The molecule has 1 aromatic heterocycles. The van der Waals surface area contributed by atoms with Crippen molar-refractivity contribution in [3.63, 3.8) is 0 Å². The van der Waals surface area contributed by atoms with Gasteiger partial charge in [-0.15, -0.1) is 11.3 Å². The van der Waals surface area contributed by atoms with Crippen LogP contribution in [-0.4, -0.2) is 35.5 Å². The van der Waals surface area contributed by atoms with Gasteiger partial charge in [0.15, 0.2) is 0 Å². The zero-order valence-electron chi connectivity index (χ0n) is 8.91. The van der Waals surface area contributed by atoms with Crippen molar-refractivity contribution in [3.05, 3.63) is 15.5 Å². The van der Waals surface area contributed by atoms with Gasteiger partial charge in [-0.3, -0.25) is 0 Å². The SMILES string of the molecule is OCC1(NCc2ncc(Cl)s2)CCOCC1. The highest BCUT2D eigenvalue weighted by atomic mass is 35.5. The van der Waals surface area contributed by atoms with Crippen LogP contribution in [0.25, 0.3) is 0 Å². The lowest BCUT2D eigenvalue weighted by Gasteiger charge is -2.36. The summed E-state index contributed by atoms with van der Waals surface area (Å²) in [5.74, 6) is 0. The van der Waals surface area contributed by atoms with Gasteiger partial charge in [0.2, 0.25) is 0 Å². The van der Waals surface area contributed by atoms with Gasteiger partial charge in [-0.1, -0.05) is 11.6 Å². The molecule has 0 atom stereocenters. The molecule has 4 nitrogen and oxygen atoms in total. The van der Waals surface area contributed by atoms with Crippen molar-refractivity contribution >= 4 is 22.9 Å². The molecule has 2 rings (SSSR count). The molecule has 0 amide bonds. The smallest absolute Gasteiger partial charge is 0.113 e. The molecule has 0 saturated carbocycles. The van der Waals surface area contributed by atoms with E-state index in [0.29, 0.717) is 24.1 Å². The van der Waals surface area contributed by atoms with Gasteiger partial charge in [-0.2, -0.15) is 0 Å². The standard InChI is InChI=1S/C10H15ClN2O2S/c11-8-5-12-9(16-8)6-13-10(7-14)1-3-15-4-2-10/h5,13-14H,1-4,6-7H2. The van der Waals surface area contributed by atoms with Crippen molar-refractivity contribution in [1.29, 1.82) is 0 Å². The van der Waals surface area contributed by atoms with E-state index < -0.39 is 0 Å². The quantitative estimate of drug-likeness (QED) is 0.862. The number of nitrogens with zero attached hydrogens (tertiary/aromatic N) is 1. The molecule has 0 spiro atoms. The summed E-state index contributed by atoms with van der Waals surface area (Å²) in [6, 6.07) is 0. The number of thiazole rings is 1. The Bertz CT molecular complexity index is 339. The van der Waals surface area contributed by atoms with E-state index >= 15 is 0 Å². The average molecular weight is 263 g/mol. The Morgan fingerprint density at radius 3 is 2.88 bits per heavy atom. The molecule has 1 aliphatic rings. The zero-order chi connectivity index (χ0) is 11.4. The summed E-state index contributed by atoms with van der Waals surface area (Å²) in [4.78, 5) is 4.18. The van der Waals surface area contributed by atoms with Crippen molar-refractivity contribution in [2.45, 2.75) is 24.9 Å². The monoisotopic (exact) mass is 262 g/mol. The van der Waals surface area contributed by atoms with Crippen molar-refractivity contribution < 1.29 is 9.84 Å². The minimum atomic E-state index is -0.212. The summed E-state index contributed by atoms with van der Waals surface area (Å²) in [6.45, 7) is 2.19. The van der Waals surface area contributed by atoms with Crippen LogP contribution in [0.1, 0.15) is 17.8 Å². The average Bonchev–Trinajstić information content (AvgIpc) is 2.74. The number of aliphatic hydroxyl groups is 1. The number of aliphatic hydroxyl groups excluding tert-OH is 1. The Balaban J connectivity index is 1.91.